The van der Waals surface area contributed by atoms with E-state index in [0.717, 1.165) is 0 Å². The summed E-state index contributed by atoms with van der Waals surface area (Å²) in [6.07, 6.45) is -4.78. The van der Waals surface area contributed by atoms with Gasteiger partial charge in [0.1, 0.15) is 11.4 Å². The van der Waals surface area contributed by atoms with Gasteiger partial charge in [0.05, 0.1) is 11.3 Å². The summed E-state index contributed by atoms with van der Waals surface area (Å²) < 4.78 is 41.0. The minimum atomic E-state index is -4.78. The first kappa shape index (κ1) is 15.3. The average Bonchev–Trinajstić information content (AvgIpc) is 2.86. The average molecular weight is 342 g/mol. The fourth-order valence-corrected chi connectivity index (χ4v) is 2.79. The number of alkyl halides is 3. The van der Waals surface area contributed by atoms with E-state index in [-0.39, 0.29) is 11.5 Å². The van der Waals surface area contributed by atoms with Crippen LogP contribution in [0.3, 0.4) is 0 Å². The van der Waals surface area contributed by atoms with Crippen molar-refractivity contribution in [3.8, 4) is 28.3 Å². The van der Waals surface area contributed by atoms with Gasteiger partial charge in [-0.25, -0.2) is 0 Å². The first-order valence-electron chi connectivity index (χ1n) is 7.30. The molecule has 0 radical (unpaired) electrons. The highest BCUT2D eigenvalue weighted by Crippen LogP contribution is 2.36. The van der Waals surface area contributed by atoms with Crippen LogP contribution in [0.1, 0.15) is 15.9 Å². The van der Waals surface area contributed by atoms with Crippen molar-refractivity contribution < 1.29 is 22.7 Å². The number of benzene rings is 2. The monoisotopic (exact) mass is 342 g/mol. The fraction of sp³-hybridized carbons (Fsp3) is 0.0556. The largest absolute Gasteiger partial charge is 0.573 e. The zero-order valence-electron chi connectivity index (χ0n) is 12.5. The summed E-state index contributed by atoms with van der Waals surface area (Å²) in [7, 11) is 0. The maximum Gasteiger partial charge on any atom is 0.573 e. The molecule has 7 heteroatoms. The molecule has 3 aromatic rings. The summed E-state index contributed by atoms with van der Waals surface area (Å²) in [5.74, 6) is -0.536. The van der Waals surface area contributed by atoms with Crippen molar-refractivity contribution in [1.29, 1.82) is 0 Å². The molecule has 0 amide bonds. The van der Waals surface area contributed by atoms with Crippen LogP contribution in [-0.2, 0) is 0 Å². The molecule has 1 aliphatic carbocycles. The van der Waals surface area contributed by atoms with E-state index < -0.39 is 6.36 Å². The Balaban J connectivity index is 1.75. The van der Waals surface area contributed by atoms with Gasteiger partial charge in [-0.3, -0.25) is 4.79 Å². The molecule has 124 valence electrons. The minimum absolute atomic E-state index is 0.176. The highest BCUT2D eigenvalue weighted by Gasteiger charge is 2.31. The van der Waals surface area contributed by atoms with E-state index in [1.807, 2.05) is 0 Å². The molecule has 2 aromatic carbocycles. The molecule has 0 unspecified atom stereocenters. The van der Waals surface area contributed by atoms with Crippen LogP contribution in [0, 0.1) is 0 Å². The molecule has 25 heavy (non-hydrogen) atoms. The topological polar surface area (TPSA) is 52.1 Å². The number of hydrogen-bond acceptors (Lipinski definition) is 4. The van der Waals surface area contributed by atoms with E-state index in [0.29, 0.717) is 33.6 Å². The van der Waals surface area contributed by atoms with Crippen LogP contribution in [0.5, 0.6) is 5.75 Å². The van der Waals surface area contributed by atoms with Crippen molar-refractivity contribution in [2.24, 2.45) is 0 Å². The van der Waals surface area contributed by atoms with E-state index in [1.165, 1.54) is 24.3 Å². The lowest BCUT2D eigenvalue weighted by atomic mass is 10.1. The Morgan fingerprint density at radius 3 is 2.36 bits per heavy atom. The van der Waals surface area contributed by atoms with E-state index >= 15 is 0 Å². The second-order valence-corrected chi connectivity index (χ2v) is 5.44. The lowest BCUT2D eigenvalue weighted by molar-refractivity contribution is -0.274. The molecule has 1 heterocycles. The van der Waals surface area contributed by atoms with Crippen LogP contribution < -0.4 is 4.74 Å². The molecule has 4 nitrogen and oxygen atoms in total. The van der Waals surface area contributed by atoms with Gasteiger partial charge in [0.2, 0.25) is 0 Å². The maximum absolute atomic E-state index is 12.5. The standard InChI is InChI=1S/C18H9F3N2O2/c19-18(20,21)25-11-5-3-4-10(8-11)15-9-14-16(23-22-15)12-6-1-2-7-13(12)17(14)24/h1-9H. The molecule has 0 fully saturated rings. The van der Waals surface area contributed by atoms with Crippen molar-refractivity contribution in [3.05, 3.63) is 65.7 Å². The van der Waals surface area contributed by atoms with Gasteiger partial charge < -0.3 is 4.74 Å². The van der Waals surface area contributed by atoms with Gasteiger partial charge >= 0.3 is 6.36 Å². The van der Waals surface area contributed by atoms with Crippen molar-refractivity contribution in [2.45, 2.75) is 6.36 Å². The Labute approximate surface area is 139 Å². The first-order chi connectivity index (χ1) is 11.9. The number of halogens is 3. The number of carbonyl (C=O) groups is 1. The van der Waals surface area contributed by atoms with Crippen molar-refractivity contribution in [1.82, 2.24) is 10.2 Å². The highest BCUT2D eigenvalue weighted by molar-refractivity contribution is 6.21. The molecule has 0 bridgehead atoms. The maximum atomic E-state index is 12.5. The summed E-state index contributed by atoms with van der Waals surface area (Å²) in [6, 6.07) is 14.0. The van der Waals surface area contributed by atoms with Gasteiger partial charge in [0.15, 0.2) is 5.78 Å². The van der Waals surface area contributed by atoms with Gasteiger partial charge in [-0.2, -0.15) is 0 Å². The molecule has 0 atom stereocenters. The Morgan fingerprint density at radius 2 is 1.60 bits per heavy atom. The second kappa shape index (κ2) is 5.41. The third-order valence-corrected chi connectivity index (χ3v) is 3.83. The zero-order chi connectivity index (χ0) is 17.6. The third kappa shape index (κ3) is 2.73. The summed E-state index contributed by atoms with van der Waals surface area (Å²) >= 11 is 0. The van der Waals surface area contributed by atoms with Crippen LogP contribution >= 0.6 is 0 Å². The Hall–Kier alpha value is -3.22. The summed E-state index contributed by atoms with van der Waals surface area (Å²) in [5, 5.41) is 8.15. The van der Waals surface area contributed by atoms with E-state index in [4.69, 9.17) is 0 Å². The summed E-state index contributed by atoms with van der Waals surface area (Å²) in [5.41, 5.74) is 2.78. The number of hydrogen-bond donors (Lipinski definition) is 0. The second-order valence-electron chi connectivity index (χ2n) is 5.44. The molecule has 4 rings (SSSR count). The number of nitrogens with zero attached hydrogens (tertiary/aromatic N) is 2. The Morgan fingerprint density at radius 1 is 0.840 bits per heavy atom. The molecule has 1 aliphatic rings. The molecular formula is C18H9F3N2O2. The Bertz CT molecular complexity index is 1000. The van der Waals surface area contributed by atoms with Gasteiger partial charge in [0, 0.05) is 16.7 Å². The molecule has 1 aromatic heterocycles. The SMILES string of the molecule is O=C1c2ccccc2-c2nnc(-c3cccc(OC(F)(F)F)c3)cc21. The lowest BCUT2D eigenvalue weighted by Crippen LogP contribution is -2.17. The van der Waals surface area contributed by atoms with Crippen LogP contribution in [-0.4, -0.2) is 22.3 Å². The van der Waals surface area contributed by atoms with E-state index in [1.54, 1.807) is 30.3 Å². The molecule has 0 aliphatic heterocycles. The Kier molecular flexibility index (Phi) is 3.31. The van der Waals surface area contributed by atoms with Gasteiger partial charge in [-0.05, 0) is 18.2 Å². The normalized spacial score (nSPS) is 12.7. The quantitative estimate of drug-likeness (QED) is 0.546. The number of carbonyl (C=O) groups excluding carboxylic acids is 1. The molecular weight excluding hydrogens is 333 g/mol. The molecule has 0 saturated carbocycles. The predicted molar refractivity (Wildman–Crippen MR) is 83.0 cm³/mol. The number of fused-ring (bicyclic) bond motifs is 3. The van der Waals surface area contributed by atoms with Crippen molar-refractivity contribution >= 4 is 5.78 Å². The van der Waals surface area contributed by atoms with Crippen molar-refractivity contribution in [3.63, 3.8) is 0 Å². The predicted octanol–water partition coefficient (Wildman–Crippen LogP) is 4.25. The molecule has 0 saturated heterocycles. The number of ketones is 1. The lowest BCUT2D eigenvalue weighted by Gasteiger charge is -2.10. The van der Waals surface area contributed by atoms with Gasteiger partial charge in [-0.1, -0.05) is 36.4 Å². The molecule has 0 N–H and O–H groups in total. The smallest absolute Gasteiger partial charge is 0.406 e. The van der Waals surface area contributed by atoms with Gasteiger partial charge in [0.25, 0.3) is 0 Å². The first-order valence-corrected chi connectivity index (χ1v) is 7.30. The highest BCUT2D eigenvalue weighted by atomic mass is 19.4. The van der Waals surface area contributed by atoms with Crippen LogP contribution in [0.15, 0.2) is 54.6 Å². The van der Waals surface area contributed by atoms with Crippen LogP contribution in [0.25, 0.3) is 22.5 Å². The fourth-order valence-electron chi connectivity index (χ4n) is 2.79. The number of ether oxygens (including phenoxy) is 1. The minimum Gasteiger partial charge on any atom is -0.406 e. The summed E-state index contributed by atoms with van der Waals surface area (Å²) in [4.78, 5) is 12.5. The van der Waals surface area contributed by atoms with Crippen LogP contribution in [0.4, 0.5) is 13.2 Å². The molecule has 0 spiro atoms. The van der Waals surface area contributed by atoms with E-state index in [9.17, 15) is 18.0 Å². The zero-order valence-corrected chi connectivity index (χ0v) is 12.5. The summed E-state index contributed by atoms with van der Waals surface area (Å²) in [6.45, 7) is 0. The van der Waals surface area contributed by atoms with Crippen molar-refractivity contribution in [2.75, 3.05) is 0 Å². The van der Waals surface area contributed by atoms with Gasteiger partial charge in [-0.15, -0.1) is 23.4 Å². The van der Waals surface area contributed by atoms with Crippen LogP contribution in [0.2, 0.25) is 0 Å². The number of rotatable bonds is 2. The van der Waals surface area contributed by atoms with E-state index in [2.05, 4.69) is 14.9 Å². The third-order valence-electron chi connectivity index (χ3n) is 3.83. The number of aromatic nitrogens is 2.